The number of carboxylic acid groups (broad SMARTS) is 1. The lowest BCUT2D eigenvalue weighted by molar-refractivity contribution is -0.385. The Morgan fingerprint density at radius 1 is 1.53 bits per heavy atom. The Morgan fingerprint density at radius 3 is 2.82 bits per heavy atom. The minimum atomic E-state index is -0.859. The van der Waals surface area contributed by atoms with Crippen LogP contribution in [0.5, 0.6) is 0 Å². The molecule has 1 aromatic carbocycles. The van der Waals surface area contributed by atoms with Crippen LogP contribution in [0.3, 0.4) is 0 Å². The van der Waals surface area contributed by atoms with Gasteiger partial charge in [0.25, 0.3) is 5.69 Å². The number of nitro benzene ring substituents is 1. The molecule has 0 aromatic heterocycles. The van der Waals surface area contributed by atoms with E-state index in [1.165, 1.54) is 17.8 Å². The van der Waals surface area contributed by atoms with Crippen LogP contribution in [0.15, 0.2) is 22.7 Å². The first-order valence-electron chi connectivity index (χ1n) is 4.73. The smallest absolute Gasteiger partial charge is 0.304 e. The Bertz CT molecular complexity index is 438. The number of hydrogen-bond donors (Lipinski definition) is 1. The number of benzene rings is 1. The van der Waals surface area contributed by atoms with Crippen molar-refractivity contribution in [3.05, 3.63) is 38.3 Å². The summed E-state index contributed by atoms with van der Waals surface area (Å²) < 4.78 is 0.656. The van der Waals surface area contributed by atoms with E-state index in [-0.39, 0.29) is 12.1 Å². The number of thioether (sulfide) groups is 1. The highest BCUT2D eigenvalue weighted by Crippen LogP contribution is 2.27. The minimum absolute atomic E-state index is 0.0576. The molecule has 0 aliphatic carbocycles. The zero-order chi connectivity index (χ0) is 12.8. The molecular formula is C10H10BrNO4S. The van der Waals surface area contributed by atoms with Crippen LogP contribution < -0.4 is 0 Å². The van der Waals surface area contributed by atoms with Crippen molar-refractivity contribution in [2.75, 3.05) is 5.75 Å². The number of rotatable bonds is 6. The van der Waals surface area contributed by atoms with Gasteiger partial charge in [0.15, 0.2) is 0 Å². The highest BCUT2D eigenvalue weighted by atomic mass is 79.9. The van der Waals surface area contributed by atoms with E-state index in [1.807, 2.05) is 0 Å². The maximum atomic E-state index is 10.8. The van der Waals surface area contributed by atoms with Crippen LogP contribution in [0.1, 0.15) is 12.0 Å². The standard InChI is InChI=1S/C10H10BrNO4S/c11-8-2-1-7(9(5-8)12(15)16)6-17-4-3-10(13)14/h1-2,5H,3-4,6H2,(H,13,14). The summed E-state index contributed by atoms with van der Waals surface area (Å²) in [7, 11) is 0. The lowest BCUT2D eigenvalue weighted by Crippen LogP contribution is -1.98. The molecule has 7 heteroatoms. The SMILES string of the molecule is O=C(O)CCSCc1ccc(Br)cc1[N+](=O)[O-]. The predicted octanol–water partition coefficient (Wildman–Crippen LogP) is 3.07. The Kier molecular flexibility index (Phi) is 5.43. The van der Waals surface area contributed by atoms with Crippen LogP contribution in [0.2, 0.25) is 0 Å². The Balaban J connectivity index is 2.64. The van der Waals surface area contributed by atoms with Crippen LogP contribution in [0.25, 0.3) is 0 Å². The fourth-order valence-electron chi connectivity index (χ4n) is 1.17. The van der Waals surface area contributed by atoms with Crippen molar-refractivity contribution in [2.45, 2.75) is 12.2 Å². The maximum absolute atomic E-state index is 10.8. The van der Waals surface area contributed by atoms with Crippen LogP contribution >= 0.6 is 27.7 Å². The van der Waals surface area contributed by atoms with Gasteiger partial charge in [-0.15, -0.1) is 0 Å². The molecule has 0 saturated heterocycles. The molecule has 0 saturated carbocycles. The van der Waals surface area contributed by atoms with Crippen molar-refractivity contribution in [1.82, 2.24) is 0 Å². The van der Waals surface area contributed by atoms with Crippen molar-refractivity contribution in [2.24, 2.45) is 0 Å². The van der Waals surface area contributed by atoms with Gasteiger partial charge >= 0.3 is 5.97 Å². The first-order valence-corrected chi connectivity index (χ1v) is 6.68. The number of hydrogen-bond acceptors (Lipinski definition) is 4. The topological polar surface area (TPSA) is 80.4 Å². The summed E-state index contributed by atoms with van der Waals surface area (Å²) in [4.78, 5) is 20.7. The molecule has 0 atom stereocenters. The summed E-state index contributed by atoms with van der Waals surface area (Å²) in [6.07, 6.45) is 0.0645. The third kappa shape index (κ3) is 4.74. The Labute approximate surface area is 110 Å². The van der Waals surface area contributed by atoms with Gasteiger partial charge in [0.2, 0.25) is 0 Å². The zero-order valence-electron chi connectivity index (χ0n) is 8.76. The highest BCUT2D eigenvalue weighted by Gasteiger charge is 2.13. The summed E-state index contributed by atoms with van der Waals surface area (Å²) in [5, 5.41) is 19.3. The van der Waals surface area contributed by atoms with E-state index < -0.39 is 10.9 Å². The molecule has 0 bridgehead atoms. The molecule has 0 amide bonds. The van der Waals surface area contributed by atoms with E-state index in [4.69, 9.17) is 5.11 Å². The number of carboxylic acids is 1. The molecule has 5 nitrogen and oxygen atoms in total. The molecule has 0 radical (unpaired) electrons. The second-order valence-corrected chi connectivity index (χ2v) is 5.25. The molecule has 0 spiro atoms. The third-order valence-corrected chi connectivity index (χ3v) is 3.46. The van der Waals surface area contributed by atoms with Gasteiger partial charge in [-0.3, -0.25) is 14.9 Å². The molecule has 0 fully saturated rings. The molecule has 0 heterocycles. The normalized spacial score (nSPS) is 10.2. The largest absolute Gasteiger partial charge is 0.481 e. The lowest BCUT2D eigenvalue weighted by Gasteiger charge is -2.03. The van der Waals surface area contributed by atoms with Gasteiger partial charge < -0.3 is 5.11 Å². The number of nitrogens with zero attached hydrogens (tertiary/aromatic N) is 1. The van der Waals surface area contributed by atoms with Crippen molar-refractivity contribution in [3.63, 3.8) is 0 Å². The van der Waals surface area contributed by atoms with Crippen LogP contribution in [0, 0.1) is 10.1 Å². The van der Waals surface area contributed by atoms with Crippen molar-refractivity contribution < 1.29 is 14.8 Å². The van der Waals surface area contributed by atoms with Gasteiger partial charge in [0.1, 0.15) is 0 Å². The lowest BCUT2D eigenvalue weighted by atomic mass is 10.2. The summed E-state index contributed by atoms with van der Waals surface area (Å²) in [5.41, 5.74) is 0.663. The van der Waals surface area contributed by atoms with Gasteiger partial charge in [-0.2, -0.15) is 11.8 Å². The average Bonchev–Trinajstić information content (AvgIpc) is 2.25. The predicted molar refractivity (Wildman–Crippen MR) is 69.2 cm³/mol. The zero-order valence-corrected chi connectivity index (χ0v) is 11.2. The molecule has 92 valence electrons. The highest BCUT2D eigenvalue weighted by molar-refractivity contribution is 9.10. The summed E-state index contributed by atoms with van der Waals surface area (Å²) in [6, 6.07) is 4.86. The van der Waals surface area contributed by atoms with Gasteiger partial charge in [0.05, 0.1) is 11.3 Å². The Morgan fingerprint density at radius 2 is 2.24 bits per heavy atom. The number of aliphatic carboxylic acids is 1. The van der Waals surface area contributed by atoms with E-state index in [0.717, 1.165) is 0 Å². The van der Waals surface area contributed by atoms with Gasteiger partial charge in [-0.25, -0.2) is 0 Å². The first-order chi connectivity index (χ1) is 8.00. The molecule has 17 heavy (non-hydrogen) atoms. The third-order valence-electron chi connectivity index (χ3n) is 1.96. The molecule has 1 N–H and O–H groups in total. The van der Waals surface area contributed by atoms with E-state index in [0.29, 0.717) is 21.5 Å². The van der Waals surface area contributed by atoms with E-state index in [1.54, 1.807) is 12.1 Å². The van der Waals surface area contributed by atoms with E-state index in [9.17, 15) is 14.9 Å². The monoisotopic (exact) mass is 319 g/mol. The fourth-order valence-corrected chi connectivity index (χ4v) is 2.45. The minimum Gasteiger partial charge on any atom is -0.481 e. The molecule has 0 aliphatic heterocycles. The first kappa shape index (κ1) is 14.0. The number of halogens is 1. The fraction of sp³-hybridized carbons (Fsp3) is 0.300. The maximum Gasteiger partial charge on any atom is 0.304 e. The molecule has 0 unspecified atom stereocenters. The quantitative estimate of drug-likeness (QED) is 0.495. The average molecular weight is 320 g/mol. The van der Waals surface area contributed by atoms with Gasteiger partial charge in [-0.1, -0.05) is 22.0 Å². The molecule has 1 rings (SSSR count). The molecular weight excluding hydrogens is 310 g/mol. The number of nitro groups is 1. The summed E-state index contributed by atoms with van der Waals surface area (Å²) in [5.74, 6) is 0.0298. The van der Waals surface area contributed by atoms with Gasteiger partial charge in [0, 0.05) is 27.6 Å². The van der Waals surface area contributed by atoms with Gasteiger partial charge in [-0.05, 0) is 6.07 Å². The van der Waals surface area contributed by atoms with Crippen molar-refractivity contribution in [3.8, 4) is 0 Å². The van der Waals surface area contributed by atoms with Crippen LogP contribution in [-0.2, 0) is 10.5 Å². The van der Waals surface area contributed by atoms with Crippen molar-refractivity contribution in [1.29, 1.82) is 0 Å². The Hall–Kier alpha value is -1.08. The molecule has 0 aliphatic rings. The second kappa shape index (κ2) is 6.61. The number of carbonyl (C=O) groups is 1. The second-order valence-electron chi connectivity index (χ2n) is 3.23. The molecule has 1 aromatic rings. The van der Waals surface area contributed by atoms with E-state index >= 15 is 0 Å². The summed E-state index contributed by atoms with van der Waals surface area (Å²) in [6.45, 7) is 0. The van der Waals surface area contributed by atoms with E-state index in [2.05, 4.69) is 15.9 Å². The van der Waals surface area contributed by atoms with Crippen LogP contribution in [-0.4, -0.2) is 21.8 Å². The summed E-state index contributed by atoms with van der Waals surface area (Å²) >= 11 is 4.55. The van der Waals surface area contributed by atoms with Crippen LogP contribution in [0.4, 0.5) is 5.69 Å². The van der Waals surface area contributed by atoms with Crippen molar-refractivity contribution >= 4 is 39.3 Å².